The van der Waals surface area contributed by atoms with E-state index in [1.807, 2.05) is 12.1 Å². The molecule has 1 aliphatic carbocycles. The van der Waals surface area contributed by atoms with Gasteiger partial charge in [-0.05, 0) is 30.4 Å². The zero-order valence-electron chi connectivity index (χ0n) is 17.6. The average Bonchev–Trinajstić information content (AvgIpc) is 3.48. The average molecular weight is 449 g/mol. The van der Waals surface area contributed by atoms with Crippen molar-refractivity contribution in [2.24, 2.45) is 10.9 Å². The highest BCUT2D eigenvalue weighted by molar-refractivity contribution is 7.88. The molecule has 2 aliphatic rings. The number of hydrogen-bond donors (Lipinski definition) is 1. The van der Waals surface area contributed by atoms with Gasteiger partial charge in [0.2, 0.25) is 15.9 Å². The number of sulfonamides is 1. The number of rotatable bonds is 8. The quantitative estimate of drug-likeness (QED) is 0.472. The molecule has 0 atom stereocenters. The Labute approximate surface area is 182 Å². The van der Waals surface area contributed by atoms with Crippen LogP contribution >= 0.6 is 0 Å². The van der Waals surface area contributed by atoms with Gasteiger partial charge in [0, 0.05) is 58.1 Å². The largest absolute Gasteiger partial charge is 0.477 e. The van der Waals surface area contributed by atoms with Crippen LogP contribution < -0.4 is 10.1 Å². The fourth-order valence-electron chi connectivity index (χ4n) is 3.41. The van der Waals surface area contributed by atoms with E-state index in [9.17, 15) is 8.42 Å². The van der Waals surface area contributed by atoms with Crippen LogP contribution in [0, 0.1) is 5.92 Å². The molecule has 1 aliphatic heterocycles. The zero-order valence-corrected chi connectivity index (χ0v) is 18.4. The van der Waals surface area contributed by atoms with Crippen LogP contribution in [0.25, 0.3) is 0 Å². The van der Waals surface area contributed by atoms with E-state index in [1.54, 1.807) is 19.3 Å². The van der Waals surface area contributed by atoms with Crippen molar-refractivity contribution < 1.29 is 17.7 Å². The van der Waals surface area contributed by atoms with Crippen LogP contribution in [-0.2, 0) is 22.3 Å². The summed E-state index contributed by atoms with van der Waals surface area (Å²) in [6, 6.07) is 5.46. The highest BCUT2D eigenvalue weighted by Crippen LogP contribution is 2.29. The number of nitrogens with one attached hydrogen (secondary N) is 1. The molecule has 0 spiro atoms. The standard InChI is InChI=1S/C20H28N6O4S/c1-21-20(23-13-17-4-6-22-19(12-17)29-14-16-2-3-16)25-7-9-26(10-8-25)31(27,28)15-18-5-11-30-24-18/h4-6,11-12,16H,2-3,7-10,13-15H2,1H3,(H,21,23). The van der Waals surface area contributed by atoms with Crippen LogP contribution in [0.3, 0.4) is 0 Å². The molecule has 11 heteroatoms. The number of ether oxygens (including phenoxy) is 1. The normalized spacial score (nSPS) is 18.2. The second-order valence-electron chi connectivity index (χ2n) is 7.79. The number of aliphatic imine (C=N–C) groups is 1. The van der Waals surface area contributed by atoms with Crippen LogP contribution in [0.15, 0.2) is 40.2 Å². The van der Waals surface area contributed by atoms with Crippen molar-refractivity contribution in [2.45, 2.75) is 25.1 Å². The third kappa shape index (κ3) is 5.95. The van der Waals surface area contributed by atoms with Gasteiger partial charge < -0.3 is 19.5 Å². The number of hydrogen-bond acceptors (Lipinski definition) is 7. The van der Waals surface area contributed by atoms with Crippen molar-refractivity contribution in [3.8, 4) is 5.88 Å². The molecule has 0 radical (unpaired) electrons. The molecule has 2 aromatic heterocycles. The summed E-state index contributed by atoms with van der Waals surface area (Å²) in [7, 11) is -1.70. The van der Waals surface area contributed by atoms with Gasteiger partial charge in [0.25, 0.3) is 0 Å². The lowest BCUT2D eigenvalue weighted by Crippen LogP contribution is -2.53. The molecule has 3 heterocycles. The Morgan fingerprint density at radius 2 is 2.10 bits per heavy atom. The van der Waals surface area contributed by atoms with Gasteiger partial charge in [-0.2, -0.15) is 4.31 Å². The van der Waals surface area contributed by atoms with Gasteiger partial charge in [-0.15, -0.1) is 0 Å². The molecule has 31 heavy (non-hydrogen) atoms. The van der Waals surface area contributed by atoms with Gasteiger partial charge in [0.15, 0.2) is 5.96 Å². The molecule has 0 amide bonds. The molecule has 1 saturated carbocycles. The van der Waals surface area contributed by atoms with Crippen molar-refractivity contribution >= 4 is 16.0 Å². The summed E-state index contributed by atoms with van der Waals surface area (Å²) in [5.41, 5.74) is 1.47. The second kappa shape index (κ2) is 9.65. The summed E-state index contributed by atoms with van der Waals surface area (Å²) in [4.78, 5) is 10.7. The Balaban J connectivity index is 1.27. The van der Waals surface area contributed by atoms with E-state index in [1.165, 1.54) is 23.4 Å². The Morgan fingerprint density at radius 1 is 1.29 bits per heavy atom. The maximum Gasteiger partial charge on any atom is 0.220 e. The Morgan fingerprint density at radius 3 is 2.77 bits per heavy atom. The minimum absolute atomic E-state index is 0.149. The monoisotopic (exact) mass is 448 g/mol. The molecular weight excluding hydrogens is 420 g/mol. The minimum atomic E-state index is -3.43. The van der Waals surface area contributed by atoms with Gasteiger partial charge in [-0.1, -0.05) is 5.16 Å². The summed E-state index contributed by atoms with van der Waals surface area (Å²) < 4.78 is 37.2. The molecule has 0 bridgehead atoms. The van der Waals surface area contributed by atoms with E-state index in [2.05, 4.69) is 25.3 Å². The predicted octanol–water partition coefficient (Wildman–Crippen LogP) is 1.08. The molecule has 0 aromatic carbocycles. The van der Waals surface area contributed by atoms with E-state index in [-0.39, 0.29) is 5.75 Å². The summed E-state index contributed by atoms with van der Waals surface area (Å²) in [6.45, 7) is 3.23. The first-order chi connectivity index (χ1) is 15.0. The smallest absolute Gasteiger partial charge is 0.220 e. The first-order valence-corrected chi connectivity index (χ1v) is 12.0. The van der Waals surface area contributed by atoms with Crippen molar-refractivity contribution in [2.75, 3.05) is 39.8 Å². The van der Waals surface area contributed by atoms with Crippen LogP contribution in [0.2, 0.25) is 0 Å². The second-order valence-corrected chi connectivity index (χ2v) is 9.76. The van der Waals surface area contributed by atoms with Crippen molar-refractivity contribution in [3.05, 3.63) is 41.9 Å². The summed E-state index contributed by atoms with van der Waals surface area (Å²) in [6.07, 6.45) is 5.61. The third-order valence-corrected chi connectivity index (χ3v) is 7.19. The van der Waals surface area contributed by atoms with E-state index < -0.39 is 10.0 Å². The third-order valence-electron chi connectivity index (χ3n) is 5.38. The minimum Gasteiger partial charge on any atom is -0.477 e. The van der Waals surface area contributed by atoms with Gasteiger partial charge >= 0.3 is 0 Å². The molecule has 2 fully saturated rings. The zero-order chi connectivity index (χ0) is 21.7. The maximum atomic E-state index is 12.6. The molecule has 168 valence electrons. The van der Waals surface area contributed by atoms with Crippen molar-refractivity contribution in [1.82, 2.24) is 24.7 Å². The van der Waals surface area contributed by atoms with E-state index >= 15 is 0 Å². The van der Waals surface area contributed by atoms with Crippen LogP contribution in [-0.4, -0.2) is 73.6 Å². The lowest BCUT2D eigenvalue weighted by molar-refractivity contribution is 0.259. The van der Waals surface area contributed by atoms with Crippen LogP contribution in [0.1, 0.15) is 24.1 Å². The van der Waals surface area contributed by atoms with Crippen LogP contribution in [0.4, 0.5) is 0 Å². The Bertz CT molecular complexity index is 983. The number of guanidine groups is 1. The first kappa shape index (κ1) is 21.6. The fourth-order valence-corrected chi connectivity index (χ4v) is 4.83. The highest BCUT2D eigenvalue weighted by atomic mass is 32.2. The fraction of sp³-hybridized carbons (Fsp3) is 0.550. The van der Waals surface area contributed by atoms with Crippen molar-refractivity contribution in [3.63, 3.8) is 0 Å². The molecular formula is C20H28N6O4S. The van der Waals surface area contributed by atoms with Gasteiger partial charge in [0.05, 0.1) is 12.3 Å². The maximum absolute atomic E-state index is 12.6. The van der Waals surface area contributed by atoms with Gasteiger partial charge in [0.1, 0.15) is 12.0 Å². The molecule has 2 aromatic rings. The molecule has 10 nitrogen and oxygen atoms in total. The van der Waals surface area contributed by atoms with Crippen molar-refractivity contribution in [1.29, 1.82) is 0 Å². The molecule has 1 N–H and O–H groups in total. The topological polar surface area (TPSA) is 113 Å². The highest BCUT2D eigenvalue weighted by Gasteiger charge is 2.29. The number of nitrogens with zero attached hydrogens (tertiary/aromatic N) is 5. The molecule has 1 saturated heterocycles. The number of aromatic nitrogens is 2. The summed E-state index contributed by atoms with van der Waals surface area (Å²) in [5, 5.41) is 7.05. The van der Waals surface area contributed by atoms with E-state index in [0.29, 0.717) is 50.2 Å². The molecule has 4 rings (SSSR count). The first-order valence-electron chi connectivity index (χ1n) is 10.4. The van der Waals surface area contributed by atoms with E-state index in [4.69, 9.17) is 9.26 Å². The van der Waals surface area contributed by atoms with Gasteiger partial charge in [-0.3, -0.25) is 4.99 Å². The SMILES string of the molecule is CN=C(NCc1ccnc(OCC2CC2)c1)N1CCN(S(=O)(=O)Cc2ccon2)CC1. The Kier molecular flexibility index (Phi) is 6.71. The summed E-state index contributed by atoms with van der Waals surface area (Å²) in [5.74, 6) is 1.92. The van der Waals surface area contributed by atoms with Gasteiger partial charge in [-0.25, -0.2) is 13.4 Å². The number of pyridine rings is 1. The predicted molar refractivity (Wildman–Crippen MR) is 115 cm³/mol. The van der Waals surface area contributed by atoms with Crippen LogP contribution in [0.5, 0.6) is 5.88 Å². The Hall–Kier alpha value is -2.66. The lowest BCUT2D eigenvalue weighted by Gasteiger charge is -2.35. The number of piperazine rings is 1. The summed E-state index contributed by atoms with van der Waals surface area (Å²) >= 11 is 0. The lowest BCUT2D eigenvalue weighted by atomic mass is 10.2. The van der Waals surface area contributed by atoms with E-state index in [0.717, 1.165) is 18.1 Å². The molecule has 0 unspecified atom stereocenters.